The predicted molar refractivity (Wildman–Crippen MR) is 98.0 cm³/mol. The summed E-state index contributed by atoms with van der Waals surface area (Å²) in [5.74, 6) is 0.159. The van der Waals surface area contributed by atoms with Gasteiger partial charge in [0.25, 0.3) is 0 Å². The molecule has 4 nitrogen and oxygen atoms in total. The lowest BCUT2D eigenvalue weighted by molar-refractivity contribution is 0.598. The van der Waals surface area contributed by atoms with Gasteiger partial charge in [-0.2, -0.15) is 0 Å². The number of hydrogen-bond acceptors (Lipinski definition) is 3. The molecule has 0 aromatic heterocycles. The Balaban J connectivity index is 2.06. The summed E-state index contributed by atoms with van der Waals surface area (Å²) in [4.78, 5) is 0. The topological polar surface area (TPSA) is 58.2 Å². The van der Waals surface area contributed by atoms with Crippen molar-refractivity contribution in [1.82, 2.24) is 0 Å². The molecule has 0 amide bonds. The van der Waals surface area contributed by atoms with Gasteiger partial charge in [-0.25, -0.2) is 8.42 Å². The average molecular weight is 332 g/mol. The summed E-state index contributed by atoms with van der Waals surface area (Å²) >= 11 is 0. The van der Waals surface area contributed by atoms with E-state index >= 15 is 0 Å². The first-order valence-corrected chi connectivity index (χ1v) is 9.50. The van der Waals surface area contributed by atoms with Gasteiger partial charge in [-0.15, -0.1) is 0 Å². The first kappa shape index (κ1) is 17.3. The number of hydrogen-bond donors (Lipinski definition) is 2. The maximum absolute atomic E-state index is 11.9. The van der Waals surface area contributed by atoms with E-state index < -0.39 is 10.0 Å². The van der Waals surface area contributed by atoms with Gasteiger partial charge in [0.15, 0.2) is 0 Å². The smallest absolute Gasteiger partial charge is 0.232 e. The van der Waals surface area contributed by atoms with Crippen LogP contribution in [0, 0.1) is 13.8 Å². The summed E-state index contributed by atoms with van der Waals surface area (Å²) in [6.45, 7) is 6.13. The molecule has 0 saturated heterocycles. The molecule has 0 aliphatic rings. The number of anilines is 3. The van der Waals surface area contributed by atoms with Crippen molar-refractivity contribution in [2.45, 2.75) is 33.6 Å². The Bertz CT molecular complexity index is 753. The van der Waals surface area contributed by atoms with E-state index in [-0.39, 0.29) is 5.75 Å². The molecule has 0 fully saturated rings. The lowest BCUT2D eigenvalue weighted by atomic mass is 10.1. The molecule has 0 heterocycles. The molecule has 124 valence electrons. The molecule has 2 aromatic carbocycles. The van der Waals surface area contributed by atoms with E-state index in [1.807, 2.05) is 31.2 Å². The number of sulfonamides is 1. The maximum atomic E-state index is 11.9. The minimum atomic E-state index is -3.25. The lowest BCUT2D eigenvalue weighted by Gasteiger charge is -2.12. The van der Waals surface area contributed by atoms with Gasteiger partial charge in [-0.1, -0.05) is 25.5 Å². The molecule has 0 bridgehead atoms. The van der Waals surface area contributed by atoms with Crippen LogP contribution in [0.3, 0.4) is 0 Å². The van der Waals surface area contributed by atoms with Crippen molar-refractivity contribution < 1.29 is 8.42 Å². The highest BCUT2D eigenvalue weighted by molar-refractivity contribution is 7.92. The van der Waals surface area contributed by atoms with E-state index in [4.69, 9.17) is 0 Å². The molecule has 0 unspecified atom stereocenters. The molecule has 2 N–H and O–H groups in total. The van der Waals surface area contributed by atoms with Crippen LogP contribution < -0.4 is 10.0 Å². The predicted octanol–water partition coefficient (Wildman–Crippen LogP) is 4.59. The van der Waals surface area contributed by atoms with Crippen LogP contribution in [-0.4, -0.2) is 14.2 Å². The van der Waals surface area contributed by atoms with Crippen LogP contribution in [0.4, 0.5) is 17.1 Å². The fourth-order valence-electron chi connectivity index (χ4n) is 2.23. The number of aryl methyl sites for hydroxylation is 1. The second-order valence-electron chi connectivity index (χ2n) is 5.72. The van der Waals surface area contributed by atoms with Gasteiger partial charge >= 0.3 is 0 Å². The first-order chi connectivity index (χ1) is 10.9. The highest BCUT2D eigenvalue weighted by atomic mass is 32.2. The Morgan fingerprint density at radius 1 is 0.957 bits per heavy atom. The van der Waals surface area contributed by atoms with Crippen molar-refractivity contribution in [1.29, 1.82) is 0 Å². The van der Waals surface area contributed by atoms with Gasteiger partial charge in [0, 0.05) is 17.1 Å². The number of benzene rings is 2. The molecule has 23 heavy (non-hydrogen) atoms. The van der Waals surface area contributed by atoms with Gasteiger partial charge in [-0.05, 0) is 61.7 Å². The van der Waals surface area contributed by atoms with Crippen LogP contribution in [0.15, 0.2) is 42.5 Å². The van der Waals surface area contributed by atoms with Crippen molar-refractivity contribution in [3.63, 3.8) is 0 Å². The largest absolute Gasteiger partial charge is 0.355 e. The molecular weight excluding hydrogens is 308 g/mol. The van der Waals surface area contributed by atoms with E-state index in [9.17, 15) is 8.42 Å². The highest BCUT2D eigenvalue weighted by Gasteiger charge is 2.09. The third-order valence-corrected chi connectivity index (χ3v) is 5.18. The van der Waals surface area contributed by atoms with Crippen molar-refractivity contribution in [3.05, 3.63) is 53.6 Å². The summed E-state index contributed by atoms with van der Waals surface area (Å²) in [6, 6.07) is 13.4. The first-order valence-electron chi connectivity index (χ1n) is 7.85. The number of rotatable bonds is 7. The van der Waals surface area contributed by atoms with E-state index in [0.29, 0.717) is 12.1 Å². The zero-order chi connectivity index (χ0) is 16.9. The van der Waals surface area contributed by atoms with Gasteiger partial charge < -0.3 is 5.32 Å². The quantitative estimate of drug-likeness (QED) is 0.779. The van der Waals surface area contributed by atoms with Crippen LogP contribution in [0.2, 0.25) is 0 Å². The Labute approximate surface area is 139 Å². The van der Waals surface area contributed by atoms with Crippen LogP contribution in [0.5, 0.6) is 0 Å². The minimum absolute atomic E-state index is 0.159. The Morgan fingerprint density at radius 2 is 1.61 bits per heavy atom. The molecule has 0 aliphatic heterocycles. The summed E-state index contributed by atoms with van der Waals surface area (Å²) in [5, 5.41) is 3.36. The fourth-order valence-corrected chi connectivity index (χ4v) is 3.49. The molecule has 0 aliphatic carbocycles. The van der Waals surface area contributed by atoms with Gasteiger partial charge in [0.2, 0.25) is 10.0 Å². The molecule has 0 atom stereocenters. The van der Waals surface area contributed by atoms with E-state index in [2.05, 4.69) is 30.0 Å². The number of nitrogens with one attached hydrogen (secondary N) is 2. The maximum Gasteiger partial charge on any atom is 0.232 e. The monoisotopic (exact) mass is 332 g/mol. The molecule has 2 aromatic rings. The molecular formula is C18H24N2O2S. The molecule has 5 heteroatoms. The molecule has 0 saturated carbocycles. The zero-order valence-corrected chi connectivity index (χ0v) is 14.7. The van der Waals surface area contributed by atoms with Gasteiger partial charge in [0.05, 0.1) is 5.75 Å². The second kappa shape index (κ2) is 7.51. The Morgan fingerprint density at radius 3 is 2.26 bits per heavy atom. The van der Waals surface area contributed by atoms with Gasteiger partial charge in [-0.3, -0.25) is 4.72 Å². The van der Waals surface area contributed by atoms with Crippen molar-refractivity contribution in [2.24, 2.45) is 0 Å². The highest BCUT2D eigenvalue weighted by Crippen LogP contribution is 2.24. The average Bonchev–Trinajstić information content (AvgIpc) is 2.51. The van der Waals surface area contributed by atoms with Crippen LogP contribution in [0.25, 0.3) is 0 Å². The summed E-state index contributed by atoms with van der Waals surface area (Å²) in [7, 11) is -3.25. The van der Waals surface area contributed by atoms with Crippen LogP contribution in [0.1, 0.15) is 30.9 Å². The summed E-state index contributed by atoms with van der Waals surface area (Å²) < 4.78 is 26.4. The normalized spacial score (nSPS) is 11.3. The van der Waals surface area contributed by atoms with E-state index in [1.54, 1.807) is 12.1 Å². The summed E-state index contributed by atoms with van der Waals surface area (Å²) in [6.07, 6.45) is 1.53. The third kappa shape index (κ3) is 4.99. The summed E-state index contributed by atoms with van der Waals surface area (Å²) in [5.41, 5.74) is 5.01. The van der Waals surface area contributed by atoms with Crippen molar-refractivity contribution >= 4 is 27.1 Å². The Kier molecular flexibility index (Phi) is 5.66. The lowest BCUT2D eigenvalue weighted by Crippen LogP contribution is -2.16. The Hall–Kier alpha value is -2.01. The van der Waals surface area contributed by atoms with E-state index in [0.717, 1.165) is 17.8 Å². The molecule has 0 radical (unpaired) electrons. The van der Waals surface area contributed by atoms with Crippen LogP contribution >= 0.6 is 0 Å². The van der Waals surface area contributed by atoms with E-state index in [1.165, 1.54) is 11.1 Å². The fraction of sp³-hybridized carbons (Fsp3) is 0.333. The second-order valence-corrected chi connectivity index (χ2v) is 7.57. The third-order valence-electron chi connectivity index (χ3n) is 3.81. The molecule has 2 rings (SSSR count). The zero-order valence-electron chi connectivity index (χ0n) is 13.9. The minimum Gasteiger partial charge on any atom is -0.355 e. The number of unbranched alkanes of at least 4 members (excludes halogenated alkanes) is 1. The van der Waals surface area contributed by atoms with Gasteiger partial charge in [0.1, 0.15) is 0 Å². The molecule has 0 spiro atoms. The van der Waals surface area contributed by atoms with Crippen molar-refractivity contribution in [2.75, 3.05) is 15.8 Å². The van der Waals surface area contributed by atoms with Crippen molar-refractivity contribution in [3.8, 4) is 0 Å². The SMILES string of the molecule is CCCCS(=O)(=O)Nc1ccc(Nc2cccc(C)c2C)cc1. The standard InChI is InChI=1S/C18H24N2O2S/c1-4-5-13-23(21,22)20-17-11-9-16(10-12-17)19-18-8-6-7-14(2)15(18)3/h6-12,19-20H,4-5,13H2,1-3H3. The van der Waals surface area contributed by atoms with Crippen LogP contribution in [-0.2, 0) is 10.0 Å².